The molecule has 0 aromatic heterocycles. The van der Waals surface area contributed by atoms with Crippen LogP contribution in [0.2, 0.25) is 0 Å². The summed E-state index contributed by atoms with van der Waals surface area (Å²) in [6.07, 6.45) is 79.9. The van der Waals surface area contributed by atoms with Gasteiger partial charge in [-0.3, -0.25) is 14.2 Å². The molecule has 0 heterocycles. The van der Waals surface area contributed by atoms with Gasteiger partial charge in [0.15, 0.2) is 0 Å². The molecule has 0 bridgehead atoms. The number of ether oxygens (including phenoxy) is 1. The number of esters is 1. The number of amides is 1. The van der Waals surface area contributed by atoms with Crippen molar-refractivity contribution in [1.82, 2.24) is 5.32 Å². The van der Waals surface area contributed by atoms with E-state index in [-0.39, 0.29) is 24.9 Å². The third-order valence-corrected chi connectivity index (χ3v) is 15.8. The van der Waals surface area contributed by atoms with Gasteiger partial charge in [-0.15, -0.1) is 0 Å². The van der Waals surface area contributed by atoms with Crippen LogP contribution in [0.5, 0.6) is 0 Å². The predicted molar refractivity (Wildman–Crippen MR) is 348 cm³/mol. The van der Waals surface area contributed by atoms with Crippen molar-refractivity contribution in [3.63, 3.8) is 0 Å². The number of hydrogen-bond donors (Lipinski definition) is 1. The van der Waals surface area contributed by atoms with Gasteiger partial charge in [-0.25, -0.2) is 0 Å². The minimum absolute atomic E-state index is 0.0302. The highest BCUT2D eigenvalue weighted by atomic mass is 31.2. The molecule has 0 aliphatic rings. The summed E-state index contributed by atoms with van der Waals surface area (Å²) < 4.78 is 30.4. The van der Waals surface area contributed by atoms with E-state index < -0.39 is 26.6 Å². The van der Waals surface area contributed by atoms with Crippen LogP contribution in [-0.2, 0) is 27.9 Å². The minimum atomic E-state index is -4.71. The molecule has 0 rings (SSSR count). The number of phosphoric acid groups is 1. The molecule has 0 saturated carbocycles. The second kappa shape index (κ2) is 60.3. The third-order valence-electron chi connectivity index (χ3n) is 14.8. The van der Waals surface area contributed by atoms with E-state index in [9.17, 15) is 19.0 Å². The lowest BCUT2D eigenvalue weighted by Gasteiger charge is -2.30. The molecule has 0 fully saturated rings. The summed E-state index contributed by atoms with van der Waals surface area (Å²) in [4.78, 5) is 40.1. The molecule has 0 radical (unpaired) electrons. The normalized spacial score (nSPS) is 14.1. The van der Waals surface area contributed by atoms with Gasteiger partial charge in [0, 0.05) is 12.8 Å². The van der Waals surface area contributed by atoms with Crippen molar-refractivity contribution in [2.45, 2.75) is 315 Å². The van der Waals surface area contributed by atoms with E-state index in [1.807, 2.05) is 33.3 Å². The average molecular weight is 1150 g/mol. The number of carbonyl (C=O) groups excluding carboxylic acids is 2. The SMILES string of the molecule is CC/C=C\C/C=C\C/C=C\C/C=C\C/C=C\CCCCCC(=O)OC(/C=C\CCCCCCCCCCCCC)C(COP(=O)([O-])OCC[N+](C)(C)C)NC(=O)CCCCCCCCCCCCCCC/C=C/CCCCCCCC. The maximum Gasteiger partial charge on any atom is 0.306 e. The van der Waals surface area contributed by atoms with E-state index in [0.29, 0.717) is 23.9 Å². The first-order valence-electron chi connectivity index (χ1n) is 33.9. The summed E-state index contributed by atoms with van der Waals surface area (Å²) in [5.41, 5.74) is 0. The Bertz CT molecular complexity index is 1660. The molecular weight excluding hydrogens is 1020 g/mol. The van der Waals surface area contributed by atoms with Crippen molar-refractivity contribution in [2.24, 2.45) is 0 Å². The van der Waals surface area contributed by atoms with E-state index >= 15 is 0 Å². The number of hydrogen-bond acceptors (Lipinski definition) is 7. The lowest BCUT2D eigenvalue weighted by atomic mass is 10.0. The molecule has 3 atom stereocenters. The zero-order valence-corrected chi connectivity index (χ0v) is 54.6. The van der Waals surface area contributed by atoms with Crippen molar-refractivity contribution in [1.29, 1.82) is 0 Å². The highest BCUT2D eigenvalue weighted by Gasteiger charge is 2.27. The van der Waals surface area contributed by atoms with Gasteiger partial charge in [-0.05, 0) is 102 Å². The van der Waals surface area contributed by atoms with Gasteiger partial charge < -0.3 is 28.5 Å². The number of nitrogens with one attached hydrogen (secondary N) is 1. The van der Waals surface area contributed by atoms with E-state index in [2.05, 4.69) is 99.0 Å². The molecule has 1 amide bonds. The van der Waals surface area contributed by atoms with Gasteiger partial charge in [0.25, 0.3) is 7.82 Å². The molecule has 1 N–H and O–H groups in total. The number of nitrogens with zero attached hydrogens (tertiary/aromatic N) is 1. The topological polar surface area (TPSA) is 114 Å². The number of likely N-dealkylation sites (N-methyl/N-ethyl adjacent to an activating group) is 1. The van der Waals surface area contributed by atoms with Crippen LogP contribution in [0.3, 0.4) is 0 Å². The van der Waals surface area contributed by atoms with Gasteiger partial charge in [0.05, 0.1) is 33.8 Å². The molecule has 0 aliphatic carbocycles. The lowest BCUT2D eigenvalue weighted by Crippen LogP contribution is -2.47. The first kappa shape index (κ1) is 78.2. The Kier molecular flexibility index (Phi) is 58.2. The monoisotopic (exact) mass is 1150 g/mol. The number of allylic oxidation sites excluding steroid dienone is 13. The molecule has 0 aromatic rings. The van der Waals surface area contributed by atoms with Gasteiger partial charge in [0.1, 0.15) is 19.3 Å². The summed E-state index contributed by atoms with van der Waals surface area (Å²) in [6, 6.07) is -0.906. The summed E-state index contributed by atoms with van der Waals surface area (Å²) in [5.74, 6) is -0.573. The number of rotatable bonds is 61. The van der Waals surface area contributed by atoms with Crippen LogP contribution in [0.1, 0.15) is 303 Å². The summed E-state index contributed by atoms with van der Waals surface area (Å²) in [5, 5.41) is 3.03. The molecule has 3 unspecified atom stereocenters. The van der Waals surface area contributed by atoms with Crippen molar-refractivity contribution >= 4 is 19.7 Å². The zero-order chi connectivity index (χ0) is 59.3. The van der Waals surface area contributed by atoms with Crippen molar-refractivity contribution in [3.8, 4) is 0 Å². The van der Waals surface area contributed by atoms with E-state index in [1.54, 1.807) is 0 Å². The maximum atomic E-state index is 13.6. The molecular formula is C71H129N2O7P. The Balaban J connectivity index is 5.21. The van der Waals surface area contributed by atoms with E-state index in [0.717, 1.165) is 89.9 Å². The van der Waals surface area contributed by atoms with Gasteiger partial charge in [-0.1, -0.05) is 273 Å². The Labute approximate surface area is 501 Å². The number of quaternary nitrogens is 1. The van der Waals surface area contributed by atoms with E-state index in [1.165, 1.54) is 173 Å². The van der Waals surface area contributed by atoms with Crippen LogP contribution < -0.4 is 10.2 Å². The largest absolute Gasteiger partial charge is 0.756 e. The quantitative estimate of drug-likeness (QED) is 0.0212. The first-order chi connectivity index (χ1) is 39.4. The fourth-order valence-corrected chi connectivity index (χ4v) is 10.3. The zero-order valence-electron chi connectivity index (χ0n) is 53.7. The fourth-order valence-electron chi connectivity index (χ4n) is 9.60. The maximum absolute atomic E-state index is 13.6. The fraction of sp³-hybridized carbons (Fsp3) is 0.775. The van der Waals surface area contributed by atoms with Crippen LogP contribution in [-0.4, -0.2) is 69.4 Å². The standard InChI is InChI=1S/C71H129N2O7P/c1-7-10-13-16-19-22-25-28-30-32-34-35-36-37-39-40-42-45-48-51-54-57-60-63-70(74)72-68(67-79-81(76,77)78-66-65-73(4,5)6)69(62-59-56-53-50-47-44-27-24-21-18-15-12-9-3)80-71(75)64-61-58-55-52-49-46-43-41-38-33-31-29-26-23-20-17-14-11-8-2/h11,14,20,23,28-31,38,41,46,49,59,62,68-69H,7-10,12-13,15-19,21-22,24-27,32-37,39-40,42-45,47-48,50-58,60-61,63-67H2,1-6H3,(H-,72,74,76,77)/b14-11-,23-20-,30-28+,31-29-,41-38-,49-46-,62-59-. The van der Waals surface area contributed by atoms with Crippen LogP contribution in [0.25, 0.3) is 0 Å². The first-order valence-corrected chi connectivity index (χ1v) is 35.4. The van der Waals surface area contributed by atoms with Crippen LogP contribution >= 0.6 is 7.82 Å². The van der Waals surface area contributed by atoms with Crippen LogP contribution in [0, 0.1) is 0 Å². The predicted octanol–water partition coefficient (Wildman–Crippen LogP) is 20.7. The Morgan fingerprint density at radius 2 is 0.790 bits per heavy atom. The summed E-state index contributed by atoms with van der Waals surface area (Å²) >= 11 is 0. The second-order valence-corrected chi connectivity index (χ2v) is 25.4. The molecule has 0 saturated heterocycles. The van der Waals surface area contributed by atoms with Crippen molar-refractivity contribution in [3.05, 3.63) is 85.1 Å². The Morgan fingerprint density at radius 1 is 0.444 bits per heavy atom. The van der Waals surface area contributed by atoms with Crippen LogP contribution in [0.15, 0.2) is 85.1 Å². The van der Waals surface area contributed by atoms with Crippen LogP contribution in [0.4, 0.5) is 0 Å². The Hall–Kier alpha value is -2.81. The smallest absolute Gasteiger partial charge is 0.306 e. The highest BCUT2D eigenvalue weighted by Crippen LogP contribution is 2.38. The molecule has 0 aliphatic heterocycles. The molecule has 81 heavy (non-hydrogen) atoms. The molecule has 9 nitrogen and oxygen atoms in total. The average Bonchev–Trinajstić information content (AvgIpc) is 3.44. The van der Waals surface area contributed by atoms with Crippen molar-refractivity contribution < 1.29 is 37.3 Å². The Morgan fingerprint density at radius 3 is 1.21 bits per heavy atom. The molecule has 10 heteroatoms. The van der Waals surface area contributed by atoms with Gasteiger partial charge in [0.2, 0.25) is 5.91 Å². The third kappa shape index (κ3) is 61.6. The van der Waals surface area contributed by atoms with Gasteiger partial charge in [-0.2, -0.15) is 0 Å². The lowest BCUT2D eigenvalue weighted by molar-refractivity contribution is -0.870. The number of unbranched alkanes of at least 4 members (excludes halogenated alkanes) is 33. The van der Waals surface area contributed by atoms with Gasteiger partial charge >= 0.3 is 5.97 Å². The molecule has 0 spiro atoms. The van der Waals surface area contributed by atoms with E-state index in [4.69, 9.17) is 13.8 Å². The number of phosphoric ester groups is 1. The van der Waals surface area contributed by atoms with Crippen molar-refractivity contribution in [2.75, 3.05) is 40.9 Å². The summed E-state index contributed by atoms with van der Waals surface area (Å²) in [6.45, 7) is 6.73. The molecule has 0 aromatic carbocycles. The summed E-state index contributed by atoms with van der Waals surface area (Å²) in [7, 11) is 1.16. The minimum Gasteiger partial charge on any atom is -0.756 e. The second-order valence-electron chi connectivity index (χ2n) is 23.9. The molecule has 470 valence electrons. The highest BCUT2D eigenvalue weighted by molar-refractivity contribution is 7.45. The number of carbonyl (C=O) groups is 2.